The van der Waals surface area contributed by atoms with Crippen LogP contribution in [0.15, 0.2) is 36.4 Å². The average Bonchev–Trinajstić information content (AvgIpc) is 2.49. The molecule has 0 atom stereocenters. The van der Waals surface area contributed by atoms with Crippen molar-refractivity contribution < 1.29 is 4.79 Å². The van der Waals surface area contributed by atoms with E-state index >= 15 is 0 Å². The van der Waals surface area contributed by atoms with E-state index in [2.05, 4.69) is 19.1 Å². The maximum Gasteiger partial charge on any atom is 0.252 e. The van der Waals surface area contributed by atoms with E-state index in [1.165, 1.54) is 56.9 Å². The number of carbonyl (C=O) groups excluding carboxylic acids is 1. The van der Waals surface area contributed by atoms with Gasteiger partial charge in [0.25, 0.3) is 5.24 Å². The molecule has 0 aliphatic heterocycles. The lowest BCUT2D eigenvalue weighted by Crippen LogP contribution is -1.90. The second-order valence-corrected chi connectivity index (χ2v) is 5.88. The minimum Gasteiger partial charge on any atom is -0.276 e. The highest BCUT2D eigenvalue weighted by Gasteiger charge is 2.00. The molecule has 1 aromatic carbocycles. The summed E-state index contributed by atoms with van der Waals surface area (Å²) in [5.41, 5.74) is 1.85. The first-order valence-electron chi connectivity index (χ1n) is 8.17. The van der Waals surface area contributed by atoms with Crippen LogP contribution in [0, 0.1) is 0 Å². The first-order valence-corrected chi connectivity index (χ1v) is 8.55. The number of benzene rings is 1. The monoisotopic (exact) mass is 306 g/mol. The fourth-order valence-corrected chi connectivity index (χ4v) is 2.44. The van der Waals surface area contributed by atoms with Crippen LogP contribution in [0.25, 0.3) is 0 Å². The van der Waals surface area contributed by atoms with Gasteiger partial charge in [-0.15, -0.1) is 0 Å². The number of unbranched alkanes of at least 4 members (excludes halogenated alkanes) is 6. The lowest BCUT2D eigenvalue weighted by molar-refractivity contribution is 0.108. The molecule has 2 heteroatoms. The van der Waals surface area contributed by atoms with Crippen molar-refractivity contribution in [1.82, 2.24) is 0 Å². The van der Waals surface area contributed by atoms with Gasteiger partial charge in [0.1, 0.15) is 0 Å². The van der Waals surface area contributed by atoms with Gasteiger partial charge in [0, 0.05) is 5.56 Å². The molecular formula is C19H27ClO. The maximum atomic E-state index is 11.0. The number of hydrogen-bond acceptors (Lipinski definition) is 1. The van der Waals surface area contributed by atoms with Gasteiger partial charge in [-0.2, -0.15) is 0 Å². The summed E-state index contributed by atoms with van der Waals surface area (Å²) in [7, 11) is 0. The summed E-state index contributed by atoms with van der Waals surface area (Å²) in [6, 6.07) is 7.61. The summed E-state index contributed by atoms with van der Waals surface area (Å²) in [5, 5.41) is -0.384. The van der Waals surface area contributed by atoms with Crippen molar-refractivity contribution in [2.45, 2.75) is 64.7 Å². The van der Waals surface area contributed by atoms with E-state index in [9.17, 15) is 4.79 Å². The highest BCUT2D eigenvalue weighted by molar-refractivity contribution is 6.67. The number of hydrogen-bond donors (Lipinski definition) is 0. The second-order valence-electron chi connectivity index (χ2n) is 5.54. The number of rotatable bonds is 11. The van der Waals surface area contributed by atoms with Crippen LogP contribution in [0.1, 0.15) is 74.2 Å². The van der Waals surface area contributed by atoms with E-state index in [0.717, 1.165) is 6.42 Å². The zero-order chi connectivity index (χ0) is 15.3. The molecule has 1 rings (SSSR count). The molecule has 0 bridgehead atoms. The van der Waals surface area contributed by atoms with Gasteiger partial charge >= 0.3 is 0 Å². The van der Waals surface area contributed by atoms with Gasteiger partial charge in [0.15, 0.2) is 0 Å². The quantitative estimate of drug-likeness (QED) is 0.266. The minimum atomic E-state index is -0.384. The van der Waals surface area contributed by atoms with Gasteiger partial charge in [-0.25, -0.2) is 0 Å². The summed E-state index contributed by atoms with van der Waals surface area (Å²) in [6.07, 6.45) is 15.9. The molecule has 0 saturated heterocycles. The van der Waals surface area contributed by atoms with Crippen LogP contribution in [0.3, 0.4) is 0 Å². The molecule has 116 valence electrons. The highest BCUT2D eigenvalue weighted by atomic mass is 35.5. The molecule has 0 amide bonds. The van der Waals surface area contributed by atoms with Crippen molar-refractivity contribution in [2.24, 2.45) is 0 Å². The minimum absolute atomic E-state index is 0.384. The van der Waals surface area contributed by atoms with Gasteiger partial charge in [0.2, 0.25) is 0 Å². The van der Waals surface area contributed by atoms with E-state index in [4.69, 9.17) is 11.6 Å². The predicted octanol–water partition coefficient (Wildman–Crippen LogP) is 6.31. The molecule has 0 saturated carbocycles. The molecule has 0 aromatic heterocycles. The molecule has 0 fully saturated rings. The van der Waals surface area contributed by atoms with E-state index in [-0.39, 0.29) is 5.24 Å². The zero-order valence-electron chi connectivity index (χ0n) is 13.1. The Kier molecular flexibility index (Phi) is 9.90. The summed E-state index contributed by atoms with van der Waals surface area (Å²) in [5.74, 6) is 0. The Hall–Kier alpha value is -1.08. The Bertz CT molecular complexity index is 420. The second kappa shape index (κ2) is 11.6. The molecule has 1 aromatic rings. The fraction of sp³-hybridized carbons (Fsp3) is 0.526. The first-order chi connectivity index (χ1) is 10.2. The standard InChI is InChI=1S/C19H27ClO/c1-2-3-4-5-6-7-8-9-10-11-12-17-13-15-18(16-14-17)19(20)21/h7-8,13-16H,2-6,9-12H2,1H3/b8-7-. The van der Waals surface area contributed by atoms with Crippen LogP contribution in [-0.2, 0) is 6.42 Å². The third kappa shape index (κ3) is 8.72. The number of halogens is 1. The first kappa shape index (κ1) is 18.0. The van der Waals surface area contributed by atoms with E-state index < -0.39 is 0 Å². The fourth-order valence-electron chi connectivity index (χ4n) is 2.32. The number of allylic oxidation sites excluding steroid dienone is 2. The number of aryl methyl sites for hydroxylation is 1. The van der Waals surface area contributed by atoms with Crippen LogP contribution in [0.5, 0.6) is 0 Å². The van der Waals surface area contributed by atoms with Crippen LogP contribution in [0.2, 0.25) is 0 Å². The van der Waals surface area contributed by atoms with Gasteiger partial charge in [-0.05, 0) is 67.8 Å². The maximum absolute atomic E-state index is 11.0. The highest BCUT2D eigenvalue weighted by Crippen LogP contribution is 2.11. The molecule has 0 heterocycles. The predicted molar refractivity (Wildman–Crippen MR) is 92.1 cm³/mol. The molecular weight excluding hydrogens is 280 g/mol. The summed E-state index contributed by atoms with van der Waals surface area (Å²) in [4.78, 5) is 11.0. The zero-order valence-corrected chi connectivity index (χ0v) is 13.9. The molecule has 0 aliphatic rings. The van der Waals surface area contributed by atoms with Gasteiger partial charge in [0.05, 0.1) is 0 Å². The van der Waals surface area contributed by atoms with Crippen molar-refractivity contribution >= 4 is 16.8 Å². The average molecular weight is 307 g/mol. The summed E-state index contributed by atoms with van der Waals surface area (Å²) in [6.45, 7) is 2.25. The van der Waals surface area contributed by atoms with Crippen molar-refractivity contribution in [3.8, 4) is 0 Å². The Morgan fingerprint density at radius 1 is 0.952 bits per heavy atom. The third-order valence-electron chi connectivity index (χ3n) is 3.66. The lowest BCUT2D eigenvalue weighted by Gasteiger charge is -2.01. The van der Waals surface area contributed by atoms with Crippen LogP contribution in [0.4, 0.5) is 0 Å². The molecule has 0 N–H and O–H groups in total. The SMILES string of the molecule is CCCCCC/C=C\CCCCc1ccc(C(=O)Cl)cc1. The molecule has 1 nitrogen and oxygen atoms in total. The Balaban J connectivity index is 2.06. The van der Waals surface area contributed by atoms with Gasteiger partial charge < -0.3 is 0 Å². The van der Waals surface area contributed by atoms with Crippen molar-refractivity contribution in [3.63, 3.8) is 0 Å². The Morgan fingerprint density at radius 2 is 1.57 bits per heavy atom. The van der Waals surface area contributed by atoms with Crippen LogP contribution < -0.4 is 0 Å². The van der Waals surface area contributed by atoms with Crippen LogP contribution in [-0.4, -0.2) is 5.24 Å². The summed E-state index contributed by atoms with van der Waals surface area (Å²) < 4.78 is 0. The molecule has 0 unspecified atom stereocenters. The Labute approximate surface area is 134 Å². The van der Waals surface area contributed by atoms with Crippen molar-refractivity contribution in [3.05, 3.63) is 47.5 Å². The largest absolute Gasteiger partial charge is 0.276 e. The Morgan fingerprint density at radius 3 is 2.14 bits per heavy atom. The van der Waals surface area contributed by atoms with Gasteiger partial charge in [-0.3, -0.25) is 4.79 Å². The van der Waals surface area contributed by atoms with Gasteiger partial charge in [-0.1, -0.05) is 50.5 Å². The van der Waals surface area contributed by atoms with E-state index in [1.54, 1.807) is 12.1 Å². The van der Waals surface area contributed by atoms with Crippen LogP contribution >= 0.6 is 11.6 Å². The molecule has 21 heavy (non-hydrogen) atoms. The molecule has 0 radical (unpaired) electrons. The smallest absolute Gasteiger partial charge is 0.252 e. The topological polar surface area (TPSA) is 17.1 Å². The van der Waals surface area contributed by atoms with Crippen molar-refractivity contribution in [2.75, 3.05) is 0 Å². The third-order valence-corrected chi connectivity index (χ3v) is 3.88. The number of carbonyl (C=O) groups is 1. The molecule has 0 spiro atoms. The normalized spacial score (nSPS) is 11.1. The van der Waals surface area contributed by atoms with E-state index in [0.29, 0.717) is 5.56 Å². The van der Waals surface area contributed by atoms with E-state index in [1.807, 2.05) is 12.1 Å². The van der Waals surface area contributed by atoms with Crippen molar-refractivity contribution in [1.29, 1.82) is 0 Å². The molecule has 0 aliphatic carbocycles. The summed E-state index contributed by atoms with van der Waals surface area (Å²) >= 11 is 5.42. The lowest BCUT2D eigenvalue weighted by atomic mass is 10.1.